The summed E-state index contributed by atoms with van der Waals surface area (Å²) in [6.45, 7) is 2.29. The molecule has 70 valence electrons. The predicted molar refractivity (Wildman–Crippen MR) is 67.1 cm³/mol. The Balaban J connectivity index is 2.32. The maximum absolute atomic E-state index is 3.52. The molecule has 2 rings (SSSR count). The van der Waals surface area contributed by atoms with Crippen LogP contribution in [0.2, 0.25) is 0 Å². The van der Waals surface area contributed by atoms with E-state index in [1.54, 1.807) is 0 Å². The molecule has 0 radical (unpaired) electrons. The standard InChI is InChI=1S/C10H11BrIN/c11-8-1-2-10(12)9(5-8)7-3-4-13-6-7/h1-2,5,7,13H,3-4,6H2/t7-/m1/s1. The molecule has 1 heterocycles. The number of hydrogen-bond donors (Lipinski definition) is 1. The van der Waals surface area contributed by atoms with Crippen LogP contribution >= 0.6 is 38.5 Å². The zero-order valence-corrected chi connectivity index (χ0v) is 10.9. The summed E-state index contributed by atoms with van der Waals surface area (Å²) in [4.78, 5) is 0. The minimum Gasteiger partial charge on any atom is -0.316 e. The number of hydrogen-bond acceptors (Lipinski definition) is 1. The van der Waals surface area contributed by atoms with Gasteiger partial charge in [-0.3, -0.25) is 0 Å². The lowest BCUT2D eigenvalue weighted by Crippen LogP contribution is -2.08. The van der Waals surface area contributed by atoms with E-state index in [4.69, 9.17) is 0 Å². The molecule has 1 nitrogen and oxygen atoms in total. The van der Waals surface area contributed by atoms with Gasteiger partial charge < -0.3 is 5.32 Å². The third-order valence-corrected chi connectivity index (χ3v) is 3.93. The van der Waals surface area contributed by atoms with Crippen LogP contribution in [0.1, 0.15) is 17.9 Å². The Morgan fingerprint density at radius 1 is 1.46 bits per heavy atom. The van der Waals surface area contributed by atoms with Gasteiger partial charge >= 0.3 is 0 Å². The zero-order chi connectivity index (χ0) is 9.26. The van der Waals surface area contributed by atoms with Gasteiger partial charge in [0.25, 0.3) is 0 Å². The summed E-state index contributed by atoms with van der Waals surface area (Å²) in [5, 5.41) is 3.40. The molecule has 1 aliphatic rings. The van der Waals surface area contributed by atoms with Gasteiger partial charge in [0.1, 0.15) is 0 Å². The first-order valence-corrected chi connectivity index (χ1v) is 6.30. The molecule has 1 saturated heterocycles. The molecule has 13 heavy (non-hydrogen) atoms. The van der Waals surface area contributed by atoms with Crippen LogP contribution in [0.3, 0.4) is 0 Å². The fourth-order valence-corrected chi connectivity index (χ4v) is 2.90. The molecule has 0 bridgehead atoms. The summed E-state index contributed by atoms with van der Waals surface area (Å²) < 4.78 is 2.57. The van der Waals surface area contributed by atoms with E-state index in [9.17, 15) is 0 Å². The average molecular weight is 352 g/mol. The van der Waals surface area contributed by atoms with Crippen LogP contribution in [-0.4, -0.2) is 13.1 Å². The van der Waals surface area contributed by atoms with Gasteiger partial charge in [-0.2, -0.15) is 0 Å². The van der Waals surface area contributed by atoms with Gasteiger partial charge in [-0.1, -0.05) is 15.9 Å². The summed E-state index contributed by atoms with van der Waals surface area (Å²) in [7, 11) is 0. The second kappa shape index (κ2) is 4.28. The van der Waals surface area contributed by atoms with Crippen molar-refractivity contribution >= 4 is 38.5 Å². The van der Waals surface area contributed by atoms with Crippen LogP contribution in [0.4, 0.5) is 0 Å². The zero-order valence-electron chi connectivity index (χ0n) is 7.19. The molecule has 1 fully saturated rings. The highest BCUT2D eigenvalue weighted by Crippen LogP contribution is 2.29. The normalized spacial score (nSPS) is 22.2. The molecule has 1 N–H and O–H groups in total. The predicted octanol–water partition coefficient (Wildman–Crippen LogP) is 3.13. The lowest BCUT2D eigenvalue weighted by Gasteiger charge is -2.11. The van der Waals surface area contributed by atoms with E-state index in [1.165, 1.54) is 20.0 Å². The van der Waals surface area contributed by atoms with Gasteiger partial charge in [-0.05, 0) is 65.2 Å². The Morgan fingerprint density at radius 2 is 2.31 bits per heavy atom. The topological polar surface area (TPSA) is 12.0 Å². The first-order valence-electron chi connectivity index (χ1n) is 4.43. The lowest BCUT2D eigenvalue weighted by molar-refractivity contribution is 0.758. The Hall–Kier alpha value is 0.390. The van der Waals surface area contributed by atoms with E-state index in [1.807, 2.05) is 0 Å². The van der Waals surface area contributed by atoms with Gasteiger partial charge in [0.05, 0.1) is 0 Å². The summed E-state index contributed by atoms with van der Waals surface area (Å²) in [5.74, 6) is 0.712. The van der Waals surface area contributed by atoms with Crippen molar-refractivity contribution in [2.24, 2.45) is 0 Å². The minimum atomic E-state index is 0.712. The summed E-state index contributed by atoms with van der Waals surface area (Å²) in [6, 6.07) is 6.53. The van der Waals surface area contributed by atoms with Crippen molar-refractivity contribution in [2.75, 3.05) is 13.1 Å². The molecule has 0 amide bonds. The van der Waals surface area contributed by atoms with E-state index < -0.39 is 0 Å². The van der Waals surface area contributed by atoms with Crippen LogP contribution < -0.4 is 5.32 Å². The van der Waals surface area contributed by atoms with Gasteiger partial charge in [-0.15, -0.1) is 0 Å². The van der Waals surface area contributed by atoms with E-state index in [0.717, 1.165) is 13.1 Å². The fourth-order valence-electron chi connectivity index (χ4n) is 1.75. The summed E-state index contributed by atoms with van der Waals surface area (Å²) in [5.41, 5.74) is 1.49. The first kappa shape index (κ1) is 9.93. The highest BCUT2D eigenvalue weighted by molar-refractivity contribution is 14.1. The maximum atomic E-state index is 3.52. The van der Waals surface area contributed by atoms with Crippen LogP contribution in [0.5, 0.6) is 0 Å². The van der Waals surface area contributed by atoms with E-state index in [-0.39, 0.29) is 0 Å². The molecular weight excluding hydrogens is 341 g/mol. The third kappa shape index (κ3) is 2.25. The quantitative estimate of drug-likeness (QED) is 0.766. The molecule has 3 heteroatoms. The SMILES string of the molecule is Brc1ccc(I)c([C@@H]2CCNC2)c1. The highest BCUT2D eigenvalue weighted by Gasteiger charge is 2.18. The van der Waals surface area contributed by atoms with E-state index >= 15 is 0 Å². The largest absolute Gasteiger partial charge is 0.316 e. The van der Waals surface area contributed by atoms with Crippen LogP contribution in [0, 0.1) is 3.57 Å². The van der Waals surface area contributed by atoms with Crippen molar-refractivity contribution < 1.29 is 0 Å². The molecule has 1 aromatic rings. The molecule has 0 unspecified atom stereocenters. The van der Waals surface area contributed by atoms with Crippen molar-refractivity contribution in [1.82, 2.24) is 5.32 Å². The Bertz CT molecular complexity index is 308. The maximum Gasteiger partial charge on any atom is 0.0178 e. The van der Waals surface area contributed by atoms with Gasteiger partial charge in [0, 0.05) is 14.6 Å². The molecule has 0 aromatic heterocycles. The van der Waals surface area contributed by atoms with Crippen LogP contribution in [0.15, 0.2) is 22.7 Å². The smallest absolute Gasteiger partial charge is 0.0178 e. The second-order valence-electron chi connectivity index (χ2n) is 3.36. The Morgan fingerprint density at radius 3 is 3.00 bits per heavy atom. The van der Waals surface area contributed by atoms with Crippen LogP contribution in [0.25, 0.3) is 0 Å². The number of halogens is 2. The summed E-state index contributed by atoms with van der Waals surface area (Å²) >= 11 is 5.94. The average Bonchev–Trinajstić information content (AvgIpc) is 2.61. The number of nitrogens with one attached hydrogen (secondary N) is 1. The molecule has 1 aromatic carbocycles. The minimum absolute atomic E-state index is 0.712. The first-order chi connectivity index (χ1) is 6.27. The number of benzene rings is 1. The van der Waals surface area contributed by atoms with Crippen LogP contribution in [-0.2, 0) is 0 Å². The monoisotopic (exact) mass is 351 g/mol. The van der Waals surface area contributed by atoms with Crippen molar-refractivity contribution in [1.29, 1.82) is 0 Å². The van der Waals surface area contributed by atoms with Gasteiger partial charge in [0.15, 0.2) is 0 Å². The van der Waals surface area contributed by atoms with E-state index in [0.29, 0.717) is 5.92 Å². The Kier molecular flexibility index (Phi) is 3.26. The molecule has 0 saturated carbocycles. The second-order valence-corrected chi connectivity index (χ2v) is 5.43. The van der Waals surface area contributed by atoms with Crippen molar-refractivity contribution in [3.8, 4) is 0 Å². The highest BCUT2D eigenvalue weighted by atomic mass is 127. The molecule has 1 aliphatic heterocycles. The Labute approximate surface area is 101 Å². The molecular formula is C10H11BrIN. The fraction of sp³-hybridized carbons (Fsp3) is 0.400. The van der Waals surface area contributed by atoms with Crippen molar-refractivity contribution in [3.63, 3.8) is 0 Å². The third-order valence-electron chi connectivity index (χ3n) is 2.46. The van der Waals surface area contributed by atoms with Gasteiger partial charge in [0.2, 0.25) is 0 Å². The lowest BCUT2D eigenvalue weighted by atomic mass is 9.99. The van der Waals surface area contributed by atoms with Gasteiger partial charge in [-0.25, -0.2) is 0 Å². The van der Waals surface area contributed by atoms with E-state index in [2.05, 4.69) is 62.0 Å². The van der Waals surface area contributed by atoms with Crippen molar-refractivity contribution in [2.45, 2.75) is 12.3 Å². The van der Waals surface area contributed by atoms with Crippen molar-refractivity contribution in [3.05, 3.63) is 31.8 Å². The molecule has 0 aliphatic carbocycles. The molecule has 0 spiro atoms. The number of rotatable bonds is 1. The summed E-state index contributed by atoms with van der Waals surface area (Å²) in [6.07, 6.45) is 1.27. The molecule has 1 atom stereocenters.